The Kier molecular flexibility index (Phi) is 6.36. The van der Waals surface area contributed by atoms with Gasteiger partial charge in [0.05, 0.1) is 16.1 Å². The molecule has 0 saturated heterocycles. The van der Waals surface area contributed by atoms with Crippen LogP contribution in [0.25, 0.3) is 33.3 Å². The second kappa shape index (κ2) is 9.78. The number of hydrogen-bond donors (Lipinski definition) is 1. The molecule has 0 fully saturated rings. The number of hydrogen-bond acceptors (Lipinski definition) is 6. The molecule has 37 heavy (non-hydrogen) atoms. The lowest BCUT2D eigenvalue weighted by atomic mass is 9.98. The summed E-state index contributed by atoms with van der Waals surface area (Å²) in [5, 5.41) is 16.0. The molecule has 0 atom stereocenters. The number of sulfonamides is 1. The molecule has 0 spiro atoms. The molecule has 3 aromatic carbocycles. The van der Waals surface area contributed by atoms with E-state index < -0.39 is 15.8 Å². The summed E-state index contributed by atoms with van der Waals surface area (Å²) in [5.74, 6) is -0.295. The van der Waals surface area contributed by atoms with Gasteiger partial charge in [0.25, 0.3) is 0 Å². The zero-order chi connectivity index (χ0) is 26.0. The van der Waals surface area contributed by atoms with Crippen LogP contribution in [0.15, 0.2) is 96.0 Å². The summed E-state index contributed by atoms with van der Waals surface area (Å²) in [7, 11) is -3.87. The number of para-hydroxylation sites is 1. The third-order valence-electron chi connectivity index (χ3n) is 5.74. The van der Waals surface area contributed by atoms with Crippen LogP contribution < -0.4 is 9.88 Å². The average Bonchev–Trinajstić information content (AvgIpc) is 2.91. The molecule has 0 unspecified atom stereocenters. The third-order valence-corrected chi connectivity index (χ3v) is 6.67. The van der Waals surface area contributed by atoms with Crippen molar-refractivity contribution in [3.05, 3.63) is 108 Å². The van der Waals surface area contributed by atoms with Gasteiger partial charge < -0.3 is 4.74 Å². The minimum Gasteiger partial charge on any atom is -0.472 e. The molecule has 2 aromatic heterocycles. The van der Waals surface area contributed by atoms with Crippen LogP contribution in [0.1, 0.15) is 11.1 Å². The van der Waals surface area contributed by atoms with Crippen LogP contribution in [0.2, 0.25) is 0 Å². The highest BCUT2D eigenvalue weighted by atomic mass is 32.2. The normalized spacial score (nSPS) is 11.3. The van der Waals surface area contributed by atoms with Gasteiger partial charge in [-0.3, -0.25) is 4.98 Å². The van der Waals surface area contributed by atoms with Crippen molar-refractivity contribution in [3.63, 3.8) is 0 Å². The van der Waals surface area contributed by atoms with Crippen molar-refractivity contribution in [2.24, 2.45) is 5.14 Å². The topological polar surface area (TPSA) is 119 Å². The lowest BCUT2D eigenvalue weighted by Gasteiger charge is -2.14. The standard InChI is InChI=1S/C28H19FN4O3S/c29-23-9-5-20(6-10-23)27-25(19-7-11-24(12-8-19)37(31,34)35)14-22(15-30)28(33-27)36-17-18-13-21-3-1-2-4-26(21)32-16-18/h1-14,16H,17H2,(H2,31,34,35). The van der Waals surface area contributed by atoms with Crippen molar-refractivity contribution in [1.29, 1.82) is 5.26 Å². The SMILES string of the molecule is N#Cc1cc(-c2ccc(S(N)(=O)=O)cc2)c(-c2ccc(F)cc2)nc1OCc1cnc2ccccc2c1. The van der Waals surface area contributed by atoms with Crippen LogP contribution in [0.4, 0.5) is 4.39 Å². The molecule has 0 aliphatic rings. The highest BCUT2D eigenvalue weighted by molar-refractivity contribution is 7.89. The fraction of sp³-hybridized carbons (Fsp3) is 0.0357. The van der Waals surface area contributed by atoms with E-state index >= 15 is 0 Å². The Bertz CT molecular complexity index is 1770. The fourth-order valence-electron chi connectivity index (χ4n) is 3.91. The number of ether oxygens (including phenoxy) is 1. The van der Waals surface area contributed by atoms with Gasteiger partial charge >= 0.3 is 0 Å². The van der Waals surface area contributed by atoms with Crippen LogP contribution in [0, 0.1) is 17.1 Å². The first kappa shape index (κ1) is 24.1. The molecule has 0 aliphatic heterocycles. The van der Waals surface area contributed by atoms with Crippen molar-refractivity contribution in [2.45, 2.75) is 11.5 Å². The molecule has 0 radical (unpaired) electrons. The van der Waals surface area contributed by atoms with Gasteiger partial charge in [-0.2, -0.15) is 5.26 Å². The minimum absolute atomic E-state index is 0.0444. The number of pyridine rings is 2. The van der Waals surface area contributed by atoms with Crippen LogP contribution >= 0.6 is 0 Å². The maximum Gasteiger partial charge on any atom is 0.238 e. The lowest BCUT2D eigenvalue weighted by Crippen LogP contribution is -2.11. The molecule has 182 valence electrons. The summed E-state index contributed by atoms with van der Waals surface area (Å²) in [6.45, 7) is 0.130. The first-order valence-electron chi connectivity index (χ1n) is 11.1. The zero-order valence-electron chi connectivity index (χ0n) is 19.3. The third kappa shape index (κ3) is 5.16. The van der Waals surface area contributed by atoms with Crippen molar-refractivity contribution in [1.82, 2.24) is 9.97 Å². The Labute approximate surface area is 212 Å². The van der Waals surface area contributed by atoms with E-state index in [9.17, 15) is 18.1 Å². The van der Waals surface area contributed by atoms with Crippen molar-refractivity contribution >= 4 is 20.9 Å². The number of benzene rings is 3. The van der Waals surface area contributed by atoms with Crippen LogP contribution in [-0.2, 0) is 16.6 Å². The smallest absolute Gasteiger partial charge is 0.238 e. The van der Waals surface area contributed by atoms with Gasteiger partial charge in [-0.05, 0) is 60.2 Å². The Balaban J connectivity index is 1.57. The number of nitriles is 1. The molecule has 7 nitrogen and oxygen atoms in total. The van der Waals surface area contributed by atoms with E-state index in [1.807, 2.05) is 30.3 Å². The number of aromatic nitrogens is 2. The van der Waals surface area contributed by atoms with E-state index in [1.54, 1.807) is 36.5 Å². The molecule has 5 aromatic rings. The van der Waals surface area contributed by atoms with Crippen molar-refractivity contribution in [2.75, 3.05) is 0 Å². The van der Waals surface area contributed by atoms with Gasteiger partial charge in [0.15, 0.2) is 0 Å². The Morgan fingerprint density at radius 1 is 0.946 bits per heavy atom. The second-order valence-electron chi connectivity index (χ2n) is 8.25. The summed E-state index contributed by atoms with van der Waals surface area (Å²) in [6, 6.07) is 25.1. The first-order valence-corrected chi connectivity index (χ1v) is 12.7. The number of nitrogens with two attached hydrogens (primary N) is 1. The minimum atomic E-state index is -3.87. The molecule has 0 bridgehead atoms. The first-order chi connectivity index (χ1) is 17.8. The molecule has 2 N–H and O–H groups in total. The van der Waals surface area contributed by atoms with E-state index in [0.717, 1.165) is 16.5 Å². The van der Waals surface area contributed by atoms with Crippen LogP contribution in [0.5, 0.6) is 5.88 Å². The fourth-order valence-corrected chi connectivity index (χ4v) is 4.42. The molecule has 0 aliphatic carbocycles. The molecule has 5 rings (SSSR count). The van der Waals surface area contributed by atoms with Crippen LogP contribution in [0.3, 0.4) is 0 Å². The van der Waals surface area contributed by atoms with E-state index in [0.29, 0.717) is 22.4 Å². The summed E-state index contributed by atoms with van der Waals surface area (Å²) in [5.41, 5.74) is 4.02. The molecule has 9 heteroatoms. The highest BCUT2D eigenvalue weighted by Gasteiger charge is 2.17. The maximum absolute atomic E-state index is 13.6. The monoisotopic (exact) mass is 510 g/mol. The second-order valence-corrected chi connectivity index (χ2v) is 9.81. The number of nitrogens with zero attached hydrogens (tertiary/aromatic N) is 3. The zero-order valence-corrected chi connectivity index (χ0v) is 20.1. The van der Waals surface area contributed by atoms with E-state index in [2.05, 4.69) is 16.0 Å². The summed E-state index contributed by atoms with van der Waals surface area (Å²) >= 11 is 0. The molecular weight excluding hydrogens is 491 g/mol. The van der Waals surface area contributed by atoms with Crippen LogP contribution in [-0.4, -0.2) is 18.4 Å². The molecule has 0 saturated carbocycles. The van der Waals surface area contributed by atoms with Crippen molar-refractivity contribution < 1.29 is 17.5 Å². The van der Waals surface area contributed by atoms with Gasteiger partial charge in [0.1, 0.15) is 24.1 Å². The number of rotatable bonds is 6. The van der Waals surface area contributed by atoms with E-state index in [1.165, 1.54) is 24.3 Å². The lowest BCUT2D eigenvalue weighted by molar-refractivity contribution is 0.293. The Morgan fingerprint density at radius 3 is 2.35 bits per heavy atom. The Hall–Kier alpha value is -4.65. The quantitative estimate of drug-likeness (QED) is 0.335. The van der Waals surface area contributed by atoms with E-state index in [-0.39, 0.29) is 22.9 Å². The maximum atomic E-state index is 13.6. The van der Waals surface area contributed by atoms with Gasteiger partial charge in [-0.1, -0.05) is 30.3 Å². The van der Waals surface area contributed by atoms with E-state index in [4.69, 9.17) is 9.88 Å². The predicted molar refractivity (Wildman–Crippen MR) is 137 cm³/mol. The predicted octanol–water partition coefficient (Wildman–Crippen LogP) is 5.20. The summed E-state index contributed by atoms with van der Waals surface area (Å²) in [4.78, 5) is 9.03. The number of primary sulfonamides is 1. The van der Waals surface area contributed by atoms with Gasteiger partial charge in [-0.25, -0.2) is 22.9 Å². The molecule has 0 amide bonds. The van der Waals surface area contributed by atoms with Crippen molar-refractivity contribution in [3.8, 4) is 34.3 Å². The van der Waals surface area contributed by atoms with Gasteiger partial charge in [-0.15, -0.1) is 0 Å². The number of halogens is 1. The largest absolute Gasteiger partial charge is 0.472 e. The van der Waals surface area contributed by atoms with Gasteiger partial charge in [0, 0.05) is 28.3 Å². The number of fused-ring (bicyclic) bond motifs is 1. The summed E-state index contributed by atoms with van der Waals surface area (Å²) in [6.07, 6.45) is 1.71. The summed E-state index contributed by atoms with van der Waals surface area (Å²) < 4.78 is 42.9. The Morgan fingerprint density at radius 2 is 1.65 bits per heavy atom. The molecule has 2 heterocycles. The molecular formula is C28H19FN4O3S. The van der Waals surface area contributed by atoms with Gasteiger partial charge in [0.2, 0.25) is 15.9 Å². The average molecular weight is 511 g/mol. The highest BCUT2D eigenvalue weighted by Crippen LogP contribution is 2.35.